The Hall–Kier alpha value is -3.06. The first-order valence-electron chi connectivity index (χ1n) is 8.44. The van der Waals surface area contributed by atoms with Crippen LogP contribution in [0.3, 0.4) is 0 Å². The summed E-state index contributed by atoms with van der Waals surface area (Å²) in [6.07, 6.45) is 2.15. The molecule has 1 heteroatoms. The van der Waals surface area contributed by atoms with Gasteiger partial charge >= 0.3 is 0 Å². The van der Waals surface area contributed by atoms with Crippen LogP contribution in [0.4, 0.5) is 5.69 Å². The molecule has 0 saturated carbocycles. The number of anilines is 1. The van der Waals surface area contributed by atoms with Crippen LogP contribution < -0.4 is 5.73 Å². The van der Waals surface area contributed by atoms with Gasteiger partial charge in [-0.3, -0.25) is 0 Å². The molecule has 0 aliphatic rings. The van der Waals surface area contributed by atoms with Crippen molar-refractivity contribution in [3.05, 3.63) is 102 Å². The van der Waals surface area contributed by atoms with Crippen molar-refractivity contribution in [3.8, 4) is 11.1 Å². The van der Waals surface area contributed by atoms with Crippen LogP contribution in [0.25, 0.3) is 22.3 Å². The van der Waals surface area contributed by atoms with E-state index in [4.69, 9.17) is 5.73 Å². The van der Waals surface area contributed by atoms with Gasteiger partial charge < -0.3 is 5.73 Å². The van der Waals surface area contributed by atoms with Gasteiger partial charge in [-0.15, -0.1) is 0 Å². The van der Waals surface area contributed by atoms with Gasteiger partial charge in [-0.25, -0.2) is 0 Å². The van der Waals surface area contributed by atoms with Gasteiger partial charge in [0.25, 0.3) is 0 Å². The molecule has 0 amide bonds. The van der Waals surface area contributed by atoms with Crippen LogP contribution in [0, 0.1) is 6.92 Å². The second kappa shape index (κ2) is 7.23. The van der Waals surface area contributed by atoms with E-state index in [0.717, 1.165) is 22.4 Å². The highest BCUT2D eigenvalue weighted by Gasteiger charge is 2.03. The molecule has 0 bridgehead atoms. The van der Waals surface area contributed by atoms with Crippen molar-refractivity contribution >= 4 is 16.8 Å². The van der Waals surface area contributed by atoms with Crippen molar-refractivity contribution < 1.29 is 0 Å². The van der Waals surface area contributed by atoms with E-state index in [1.165, 1.54) is 22.3 Å². The molecule has 3 rings (SSSR count). The zero-order chi connectivity index (χ0) is 17.8. The third kappa shape index (κ3) is 3.89. The Morgan fingerprint density at radius 2 is 1.40 bits per heavy atom. The SMILES string of the molecule is C=C(/C=C(/C)c1ccccc1C)c1ccc(-c2ccc(N)cc2)cc1. The molecule has 0 aliphatic carbocycles. The van der Waals surface area contributed by atoms with E-state index in [1.54, 1.807) is 0 Å². The third-order valence-electron chi connectivity index (χ3n) is 4.46. The highest BCUT2D eigenvalue weighted by atomic mass is 14.5. The summed E-state index contributed by atoms with van der Waals surface area (Å²) in [5, 5.41) is 0. The smallest absolute Gasteiger partial charge is 0.0314 e. The maximum absolute atomic E-state index is 5.76. The van der Waals surface area contributed by atoms with E-state index >= 15 is 0 Å². The molecule has 3 aromatic rings. The van der Waals surface area contributed by atoms with Crippen LogP contribution in [-0.4, -0.2) is 0 Å². The highest BCUT2D eigenvalue weighted by Crippen LogP contribution is 2.26. The Kier molecular flexibility index (Phi) is 4.85. The molecule has 0 spiro atoms. The molecule has 124 valence electrons. The van der Waals surface area contributed by atoms with Crippen LogP contribution in [0.1, 0.15) is 23.6 Å². The first-order chi connectivity index (χ1) is 12.0. The molecule has 0 radical (unpaired) electrons. The highest BCUT2D eigenvalue weighted by molar-refractivity contribution is 5.83. The zero-order valence-corrected chi connectivity index (χ0v) is 14.8. The number of benzene rings is 3. The summed E-state index contributed by atoms with van der Waals surface area (Å²) in [5.74, 6) is 0. The first kappa shape index (κ1) is 16.8. The summed E-state index contributed by atoms with van der Waals surface area (Å²) in [6.45, 7) is 8.51. The second-order valence-electron chi connectivity index (χ2n) is 6.37. The molecule has 0 aliphatic heterocycles. The van der Waals surface area contributed by atoms with Crippen LogP contribution in [0.2, 0.25) is 0 Å². The van der Waals surface area contributed by atoms with Crippen molar-refractivity contribution in [2.75, 3.05) is 5.73 Å². The normalized spacial score (nSPS) is 11.4. The maximum atomic E-state index is 5.76. The number of nitrogen functional groups attached to an aromatic ring is 1. The van der Waals surface area contributed by atoms with Crippen LogP contribution >= 0.6 is 0 Å². The summed E-state index contributed by atoms with van der Waals surface area (Å²) in [4.78, 5) is 0. The Labute approximate surface area is 150 Å². The van der Waals surface area contributed by atoms with E-state index in [2.05, 4.69) is 75.0 Å². The predicted octanol–water partition coefficient (Wildman–Crippen LogP) is 6.36. The Morgan fingerprint density at radius 1 is 0.840 bits per heavy atom. The van der Waals surface area contributed by atoms with Gasteiger partial charge in [0.2, 0.25) is 0 Å². The van der Waals surface area contributed by atoms with Crippen molar-refractivity contribution in [3.63, 3.8) is 0 Å². The minimum atomic E-state index is 0.783. The fraction of sp³-hybridized carbons (Fsp3) is 0.0833. The Morgan fingerprint density at radius 3 is 2.00 bits per heavy atom. The molecule has 3 aromatic carbocycles. The van der Waals surface area contributed by atoms with Gasteiger partial charge in [0.1, 0.15) is 0 Å². The molecule has 0 saturated heterocycles. The van der Waals surface area contributed by atoms with Gasteiger partial charge in [-0.1, -0.05) is 73.3 Å². The quantitative estimate of drug-likeness (QED) is 0.438. The molecular formula is C24H23N. The molecule has 0 atom stereocenters. The Bertz CT molecular complexity index is 913. The molecule has 2 N–H and O–H groups in total. The van der Waals surface area contributed by atoms with Crippen LogP contribution in [0.5, 0.6) is 0 Å². The van der Waals surface area contributed by atoms with Gasteiger partial charge in [0, 0.05) is 5.69 Å². The average molecular weight is 325 g/mol. The Balaban J connectivity index is 1.82. The molecule has 25 heavy (non-hydrogen) atoms. The van der Waals surface area contributed by atoms with Gasteiger partial charge in [-0.05, 0) is 64.9 Å². The number of hydrogen-bond donors (Lipinski definition) is 1. The van der Waals surface area contributed by atoms with Crippen molar-refractivity contribution in [1.29, 1.82) is 0 Å². The lowest BCUT2D eigenvalue weighted by Crippen LogP contribution is -1.87. The molecule has 0 heterocycles. The number of nitrogens with two attached hydrogens (primary N) is 1. The molecule has 0 fully saturated rings. The lowest BCUT2D eigenvalue weighted by molar-refractivity contribution is 1.41. The number of aryl methyl sites for hydroxylation is 1. The van der Waals surface area contributed by atoms with E-state index in [9.17, 15) is 0 Å². The lowest BCUT2D eigenvalue weighted by atomic mass is 9.96. The minimum absolute atomic E-state index is 0.783. The molecule has 0 aromatic heterocycles. The fourth-order valence-electron chi connectivity index (χ4n) is 2.99. The number of hydrogen-bond acceptors (Lipinski definition) is 1. The monoisotopic (exact) mass is 325 g/mol. The van der Waals surface area contributed by atoms with Gasteiger partial charge in [0.15, 0.2) is 0 Å². The third-order valence-corrected chi connectivity index (χ3v) is 4.46. The van der Waals surface area contributed by atoms with Crippen LogP contribution in [0.15, 0.2) is 85.5 Å². The maximum Gasteiger partial charge on any atom is 0.0314 e. The summed E-state index contributed by atoms with van der Waals surface area (Å²) < 4.78 is 0. The summed E-state index contributed by atoms with van der Waals surface area (Å²) >= 11 is 0. The fourth-order valence-corrected chi connectivity index (χ4v) is 2.99. The summed E-state index contributed by atoms with van der Waals surface area (Å²) in [6, 6.07) is 24.9. The van der Waals surface area contributed by atoms with Crippen molar-refractivity contribution in [2.45, 2.75) is 13.8 Å². The average Bonchev–Trinajstić information content (AvgIpc) is 2.63. The van der Waals surface area contributed by atoms with Crippen molar-refractivity contribution in [1.82, 2.24) is 0 Å². The molecular weight excluding hydrogens is 302 g/mol. The zero-order valence-electron chi connectivity index (χ0n) is 14.8. The summed E-state index contributed by atoms with van der Waals surface area (Å²) in [5.41, 5.74) is 14.8. The molecule has 1 nitrogen and oxygen atoms in total. The van der Waals surface area contributed by atoms with E-state index < -0.39 is 0 Å². The van der Waals surface area contributed by atoms with Gasteiger partial charge in [0.05, 0.1) is 0 Å². The minimum Gasteiger partial charge on any atom is -0.399 e. The lowest BCUT2D eigenvalue weighted by Gasteiger charge is -2.09. The molecule has 0 unspecified atom stereocenters. The second-order valence-corrected chi connectivity index (χ2v) is 6.37. The largest absolute Gasteiger partial charge is 0.399 e. The van der Waals surface area contributed by atoms with E-state index in [-0.39, 0.29) is 0 Å². The van der Waals surface area contributed by atoms with Gasteiger partial charge in [-0.2, -0.15) is 0 Å². The first-order valence-corrected chi connectivity index (χ1v) is 8.44. The predicted molar refractivity (Wildman–Crippen MR) is 110 cm³/mol. The number of allylic oxidation sites excluding steroid dienone is 3. The standard InChI is InChI=1S/C24H23N/c1-17-6-4-5-7-24(17)19(3)16-18(2)20-8-10-21(11-9-20)22-12-14-23(25)15-13-22/h4-16H,2,25H2,1,3H3/b19-16-. The summed E-state index contributed by atoms with van der Waals surface area (Å²) in [7, 11) is 0. The van der Waals surface area contributed by atoms with E-state index in [0.29, 0.717) is 0 Å². The van der Waals surface area contributed by atoms with E-state index in [1.807, 2.05) is 24.3 Å². The van der Waals surface area contributed by atoms with Crippen molar-refractivity contribution in [2.24, 2.45) is 0 Å². The van der Waals surface area contributed by atoms with Crippen LogP contribution in [-0.2, 0) is 0 Å². The topological polar surface area (TPSA) is 26.0 Å². The number of rotatable bonds is 4.